The summed E-state index contributed by atoms with van der Waals surface area (Å²) in [6, 6.07) is 2.91. The summed E-state index contributed by atoms with van der Waals surface area (Å²) in [5.41, 5.74) is 0.427. The Hall–Kier alpha value is -1.32. The summed E-state index contributed by atoms with van der Waals surface area (Å²) in [5, 5.41) is 9.76. The van der Waals surface area contributed by atoms with Crippen LogP contribution in [0.5, 0.6) is 0 Å². The molecule has 1 aromatic rings. The zero-order chi connectivity index (χ0) is 14.8. The highest BCUT2D eigenvalue weighted by atomic mass is 35.5. The third-order valence-electron chi connectivity index (χ3n) is 2.58. The molecule has 19 heavy (non-hydrogen) atoms. The van der Waals surface area contributed by atoms with E-state index in [-0.39, 0.29) is 21.2 Å². The van der Waals surface area contributed by atoms with Crippen LogP contribution in [0, 0.1) is 5.41 Å². The number of aliphatic carboxylic acids is 1. The van der Waals surface area contributed by atoms with Gasteiger partial charge in [0.25, 0.3) is 0 Å². The maximum absolute atomic E-state index is 11.3. The summed E-state index contributed by atoms with van der Waals surface area (Å²) in [6.45, 7) is 5.38. The van der Waals surface area contributed by atoms with Gasteiger partial charge < -0.3 is 5.11 Å². The fourth-order valence-corrected chi connectivity index (χ4v) is 1.98. The van der Waals surface area contributed by atoms with Crippen LogP contribution < -0.4 is 0 Å². The molecule has 0 aliphatic carbocycles. The van der Waals surface area contributed by atoms with Crippen LogP contribution in [0.4, 0.5) is 0 Å². The van der Waals surface area contributed by atoms with Crippen molar-refractivity contribution in [2.75, 3.05) is 0 Å². The van der Waals surface area contributed by atoms with E-state index in [1.807, 2.05) is 0 Å². The van der Waals surface area contributed by atoms with E-state index in [0.717, 1.165) is 0 Å². The predicted octanol–water partition coefficient (Wildman–Crippen LogP) is 4.32. The van der Waals surface area contributed by atoms with Crippen LogP contribution in [0.1, 0.15) is 36.7 Å². The van der Waals surface area contributed by atoms with Crippen molar-refractivity contribution in [3.8, 4) is 0 Å². The number of aldehydes is 1. The van der Waals surface area contributed by atoms with Crippen LogP contribution in [0.3, 0.4) is 0 Å². The maximum atomic E-state index is 11.3. The number of carbonyl (C=O) groups is 2. The number of halogens is 2. The lowest BCUT2D eigenvalue weighted by atomic mass is 9.85. The zero-order valence-corrected chi connectivity index (χ0v) is 12.3. The smallest absolute Gasteiger partial charge is 0.332 e. The standard InChI is InChI=1S/C14H14Cl2O3/c1-14(2,3)10(13(18)19)4-8-5-12(16)9(7-17)6-11(8)15/h4-7H,1-3H3,(H,18,19). The maximum Gasteiger partial charge on any atom is 0.332 e. The average Bonchev–Trinajstić information content (AvgIpc) is 2.27. The monoisotopic (exact) mass is 300 g/mol. The molecule has 0 radical (unpaired) electrons. The molecule has 5 heteroatoms. The van der Waals surface area contributed by atoms with E-state index in [1.165, 1.54) is 18.2 Å². The molecule has 0 saturated heterocycles. The van der Waals surface area contributed by atoms with Crippen molar-refractivity contribution in [3.63, 3.8) is 0 Å². The van der Waals surface area contributed by atoms with E-state index in [0.29, 0.717) is 11.8 Å². The number of benzene rings is 1. The molecule has 102 valence electrons. The van der Waals surface area contributed by atoms with Crippen LogP contribution in [0.25, 0.3) is 6.08 Å². The summed E-state index contributed by atoms with van der Waals surface area (Å²) in [4.78, 5) is 22.0. The van der Waals surface area contributed by atoms with Crippen molar-refractivity contribution in [2.45, 2.75) is 20.8 Å². The first-order valence-electron chi connectivity index (χ1n) is 5.56. The minimum atomic E-state index is -1.01. The van der Waals surface area contributed by atoms with Crippen LogP contribution >= 0.6 is 23.2 Å². The molecule has 3 nitrogen and oxygen atoms in total. The van der Waals surface area contributed by atoms with Gasteiger partial charge in [0.1, 0.15) is 0 Å². The third kappa shape index (κ3) is 3.82. The molecule has 0 bridgehead atoms. The molecule has 1 aromatic carbocycles. The summed E-state index contributed by atoms with van der Waals surface area (Å²) in [7, 11) is 0. The second kappa shape index (κ2) is 5.76. The number of rotatable bonds is 3. The van der Waals surface area contributed by atoms with Crippen LogP contribution in [0.2, 0.25) is 10.0 Å². The van der Waals surface area contributed by atoms with Gasteiger partial charge in [-0.1, -0.05) is 44.0 Å². The van der Waals surface area contributed by atoms with Crippen molar-refractivity contribution in [1.29, 1.82) is 0 Å². The molecule has 0 aliphatic rings. The minimum Gasteiger partial charge on any atom is -0.478 e. The van der Waals surface area contributed by atoms with Gasteiger partial charge in [-0.05, 0) is 29.2 Å². The topological polar surface area (TPSA) is 54.4 Å². The van der Waals surface area contributed by atoms with E-state index in [9.17, 15) is 14.7 Å². The lowest BCUT2D eigenvalue weighted by Crippen LogP contribution is -2.17. The van der Waals surface area contributed by atoms with Crippen molar-refractivity contribution >= 4 is 41.5 Å². The molecule has 1 N–H and O–H groups in total. The SMILES string of the molecule is CC(C)(C)C(=Cc1cc(Cl)c(C=O)cc1Cl)C(=O)O. The summed E-state index contributed by atoms with van der Waals surface area (Å²) < 4.78 is 0. The van der Waals surface area contributed by atoms with Crippen molar-refractivity contribution in [3.05, 3.63) is 38.9 Å². The van der Waals surface area contributed by atoms with Crippen molar-refractivity contribution in [2.24, 2.45) is 5.41 Å². The number of carboxylic acid groups (broad SMARTS) is 1. The molecule has 0 aliphatic heterocycles. The molecule has 0 amide bonds. The Balaban J connectivity index is 3.42. The average molecular weight is 301 g/mol. The quantitative estimate of drug-likeness (QED) is 0.668. The molecule has 0 unspecified atom stereocenters. The molecule has 0 saturated carbocycles. The minimum absolute atomic E-state index is 0.212. The summed E-state index contributed by atoms with van der Waals surface area (Å²) in [6.07, 6.45) is 2.08. The lowest BCUT2D eigenvalue weighted by molar-refractivity contribution is -0.133. The molecule has 0 spiro atoms. The Bertz CT molecular complexity index is 555. The Morgan fingerprint density at radius 3 is 2.05 bits per heavy atom. The second-order valence-electron chi connectivity index (χ2n) is 5.13. The van der Waals surface area contributed by atoms with Gasteiger partial charge in [-0.15, -0.1) is 0 Å². The first kappa shape index (κ1) is 15.7. The van der Waals surface area contributed by atoms with E-state index < -0.39 is 11.4 Å². The van der Waals surface area contributed by atoms with E-state index in [1.54, 1.807) is 20.8 Å². The molecule has 0 heterocycles. The molecule has 0 fully saturated rings. The molecular formula is C14H14Cl2O3. The molecular weight excluding hydrogens is 287 g/mol. The van der Waals surface area contributed by atoms with E-state index in [2.05, 4.69) is 0 Å². The number of hydrogen-bond donors (Lipinski definition) is 1. The first-order chi connectivity index (χ1) is 8.66. The summed E-state index contributed by atoms with van der Waals surface area (Å²) in [5.74, 6) is -1.01. The third-order valence-corrected chi connectivity index (χ3v) is 3.24. The van der Waals surface area contributed by atoms with Crippen LogP contribution in [0.15, 0.2) is 17.7 Å². The van der Waals surface area contributed by atoms with Gasteiger partial charge >= 0.3 is 5.97 Å². The summed E-state index contributed by atoms with van der Waals surface area (Å²) >= 11 is 11.9. The Morgan fingerprint density at radius 1 is 1.16 bits per heavy atom. The highest BCUT2D eigenvalue weighted by molar-refractivity contribution is 6.36. The van der Waals surface area contributed by atoms with Gasteiger partial charge in [-0.3, -0.25) is 4.79 Å². The van der Waals surface area contributed by atoms with Crippen LogP contribution in [-0.2, 0) is 4.79 Å². The predicted molar refractivity (Wildman–Crippen MR) is 76.9 cm³/mol. The number of hydrogen-bond acceptors (Lipinski definition) is 2. The number of carbonyl (C=O) groups excluding carboxylic acids is 1. The first-order valence-corrected chi connectivity index (χ1v) is 6.32. The largest absolute Gasteiger partial charge is 0.478 e. The van der Waals surface area contributed by atoms with Gasteiger partial charge in [-0.25, -0.2) is 4.79 Å². The molecule has 0 atom stereocenters. The Kier molecular flexibility index (Phi) is 4.77. The highest BCUT2D eigenvalue weighted by Gasteiger charge is 2.23. The Morgan fingerprint density at radius 2 is 1.63 bits per heavy atom. The van der Waals surface area contributed by atoms with Gasteiger partial charge in [-0.2, -0.15) is 0 Å². The lowest BCUT2D eigenvalue weighted by Gasteiger charge is -2.19. The molecule has 1 rings (SSSR count). The van der Waals surface area contributed by atoms with Gasteiger partial charge in [0.05, 0.1) is 5.02 Å². The van der Waals surface area contributed by atoms with E-state index in [4.69, 9.17) is 23.2 Å². The fraction of sp³-hybridized carbons (Fsp3) is 0.286. The fourth-order valence-electron chi connectivity index (χ4n) is 1.53. The second-order valence-corrected chi connectivity index (χ2v) is 5.94. The van der Waals surface area contributed by atoms with Crippen molar-refractivity contribution < 1.29 is 14.7 Å². The van der Waals surface area contributed by atoms with Crippen molar-refractivity contribution in [1.82, 2.24) is 0 Å². The zero-order valence-electron chi connectivity index (χ0n) is 10.8. The van der Waals surface area contributed by atoms with E-state index >= 15 is 0 Å². The van der Waals surface area contributed by atoms with Gasteiger partial charge in [0.15, 0.2) is 6.29 Å². The highest BCUT2D eigenvalue weighted by Crippen LogP contribution is 2.31. The molecule has 0 aromatic heterocycles. The van der Waals surface area contributed by atoms with Crippen LogP contribution in [-0.4, -0.2) is 17.4 Å². The van der Waals surface area contributed by atoms with Gasteiger partial charge in [0, 0.05) is 16.2 Å². The normalized spacial score (nSPS) is 12.4. The Labute approximate surface area is 121 Å². The van der Waals surface area contributed by atoms with Gasteiger partial charge in [0.2, 0.25) is 0 Å². The number of carboxylic acids is 1.